The van der Waals surface area contributed by atoms with Crippen LogP contribution >= 0.6 is 0 Å². The zero-order valence-corrected chi connectivity index (χ0v) is 43.9. The normalized spacial score (nSPS) is 28.9. The molecule has 0 aliphatic heterocycles. The first-order chi connectivity index (χ1) is 31.5. The van der Waals surface area contributed by atoms with Crippen LogP contribution in [0.2, 0.25) is 18.1 Å². The van der Waals surface area contributed by atoms with Gasteiger partial charge < -0.3 is 10.2 Å². The summed E-state index contributed by atoms with van der Waals surface area (Å²) in [5, 5.41) is 27.3. The monoisotopic (exact) mass is 910 g/mol. The third-order valence-corrected chi connectivity index (χ3v) is 25.1. The Labute approximate surface area is 404 Å². The van der Waals surface area contributed by atoms with Crippen LogP contribution in [0.1, 0.15) is 162 Å². The van der Waals surface area contributed by atoms with Crippen molar-refractivity contribution < 1.29 is 10.2 Å². The largest absolute Gasteiger partial charge is 0.507 e. The van der Waals surface area contributed by atoms with Gasteiger partial charge in [0.25, 0.3) is 0 Å². The maximum Gasteiger partial charge on any atom is 0.127 e. The lowest BCUT2D eigenvalue weighted by Gasteiger charge is -2.57. The Morgan fingerprint density at radius 1 is 0.448 bits per heavy atom. The lowest BCUT2D eigenvalue weighted by molar-refractivity contribution is -0.00631. The summed E-state index contributed by atoms with van der Waals surface area (Å²) < 4.78 is 0. The Morgan fingerprint density at radius 2 is 0.761 bits per heavy atom. The molecule has 0 spiro atoms. The summed E-state index contributed by atoms with van der Waals surface area (Å²) in [5.41, 5.74) is 12.9. The molecule has 0 unspecified atom stereocenters. The molecule has 8 fully saturated rings. The second-order valence-electron chi connectivity index (χ2n) is 27.3. The minimum atomic E-state index is -2.13. The van der Waals surface area contributed by atoms with Crippen molar-refractivity contribution in [3.63, 3.8) is 0 Å². The van der Waals surface area contributed by atoms with Gasteiger partial charge in [-0.25, -0.2) is 4.98 Å². The van der Waals surface area contributed by atoms with Crippen LogP contribution < -0.4 is 5.19 Å². The first-order valence-electron chi connectivity index (χ1n) is 26.5. The number of hydrogen-bond acceptors (Lipinski definition) is 3. The number of rotatable bonds is 7. The van der Waals surface area contributed by atoms with E-state index in [2.05, 4.69) is 160 Å². The summed E-state index contributed by atoms with van der Waals surface area (Å²) in [6, 6.07) is 31.8. The number of phenols is 2. The third-order valence-electron chi connectivity index (χ3n) is 19.6. The summed E-state index contributed by atoms with van der Waals surface area (Å²) in [5.74, 6) is 5.66. The third kappa shape index (κ3) is 7.59. The van der Waals surface area contributed by atoms with Crippen LogP contribution in [0.5, 0.6) is 11.5 Å². The molecule has 0 radical (unpaired) electrons. The van der Waals surface area contributed by atoms with Crippen molar-refractivity contribution in [3.8, 4) is 56.3 Å². The minimum absolute atomic E-state index is 0.0482. The van der Waals surface area contributed by atoms with Crippen LogP contribution in [0.15, 0.2) is 84.9 Å². The first-order valence-corrected chi connectivity index (χ1v) is 29.5. The van der Waals surface area contributed by atoms with Gasteiger partial charge in [0.05, 0.1) is 19.5 Å². The Bertz CT molecular complexity index is 2530. The highest BCUT2D eigenvalue weighted by Gasteiger charge is 2.54. The van der Waals surface area contributed by atoms with Gasteiger partial charge in [0.15, 0.2) is 0 Å². The highest BCUT2D eigenvalue weighted by molar-refractivity contribution is 6.92. The van der Waals surface area contributed by atoms with E-state index >= 15 is 0 Å². The molecule has 0 saturated heterocycles. The van der Waals surface area contributed by atoms with E-state index in [9.17, 15) is 10.2 Å². The van der Waals surface area contributed by atoms with Crippen molar-refractivity contribution in [3.05, 3.63) is 107 Å². The van der Waals surface area contributed by atoms with Gasteiger partial charge in [-0.15, -0.1) is 0 Å². The molecule has 8 saturated carbocycles. The fraction of sp³-hybridized carbons (Fsp3) is 0.540. The number of hydrogen-bond donors (Lipinski definition) is 2. The molecule has 3 nitrogen and oxygen atoms in total. The van der Waals surface area contributed by atoms with Crippen LogP contribution in [0, 0.1) is 35.5 Å². The summed E-state index contributed by atoms with van der Waals surface area (Å²) >= 11 is 0. The summed E-state index contributed by atoms with van der Waals surface area (Å²) in [6.07, 6.45) is 15.5. The predicted octanol–water partition coefficient (Wildman–Crippen LogP) is 16.4. The van der Waals surface area contributed by atoms with Gasteiger partial charge in [-0.1, -0.05) is 141 Å². The fourth-order valence-electron chi connectivity index (χ4n) is 15.7. The Kier molecular flexibility index (Phi) is 10.4. The SMILES string of the molecule is CC(C)(C)c1cc(-c2ccccc2-c2cc([Si](C)(C)C(C)(C)C)cc(-c3ccccc3-c3cc(C(C)(C)C)cc(C45CC6CC(CC(C6)C4)C5)c3O)n2)c(O)c(C23CC4CC(CC(C4)C2)C3)c1. The molecule has 4 aromatic carbocycles. The number of phenolic OH excluding ortho intramolecular Hbond substituents is 2. The number of nitrogens with zero attached hydrogens (tertiary/aromatic N) is 1. The zero-order valence-electron chi connectivity index (χ0n) is 42.9. The Hall–Kier alpha value is -4.15. The molecule has 1 heterocycles. The van der Waals surface area contributed by atoms with E-state index in [1.54, 1.807) is 0 Å². The smallest absolute Gasteiger partial charge is 0.127 e. The second-order valence-corrected chi connectivity index (χ2v) is 32.7. The number of pyridine rings is 1. The van der Waals surface area contributed by atoms with E-state index in [-0.39, 0.29) is 26.7 Å². The molecule has 5 aromatic rings. The summed E-state index contributed by atoms with van der Waals surface area (Å²) in [4.78, 5) is 5.76. The van der Waals surface area contributed by atoms with E-state index in [1.807, 2.05) is 0 Å². The Morgan fingerprint density at radius 3 is 1.06 bits per heavy atom. The zero-order chi connectivity index (χ0) is 47.2. The summed E-state index contributed by atoms with van der Waals surface area (Å²) in [6.45, 7) is 26.2. The standard InChI is InChI=1S/C63H79NO2Si/c1-59(2,3)44-26-51(57(65)53(28-44)62-32-38-20-39(33-62)22-40(21-38)34-62)47-16-12-14-18-49(47)55-30-46(67(10,11)61(7,8)9)31-56(64-55)50-19-15-13-17-48(50)52-27-45(60(4,5)6)29-54(58(52)66)63-35-41-23-42(36-63)25-43(24-41)37-63/h12-19,26-31,38-43,65-66H,20-25,32-37H2,1-11H3. The molecule has 8 aliphatic rings. The molecule has 2 N–H and O–H groups in total. The molecule has 0 atom stereocenters. The second kappa shape index (κ2) is 15.4. The van der Waals surface area contributed by atoms with Crippen molar-refractivity contribution in [2.75, 3.05) is 0 Å². The molecule has 352 valence electrons. The fourth-order valence-corrected chi connectivity index (χ4v) is 17.6. The average molecular weight is 910 g/mol. The topological polar surface area (TPSA) is 53.4 Å². The predicted molar refractivity (Wildman–Crippen MR) is 283 cm³/mol. The highest BCUT2D eigenvalue weighted by Crippen LogP contribution is 2.64. The van der Waals surface area contributed by atoms with Crippen molar-refractivity contribution >= 4 is 13.3 Å². The molecular weight excluding hydrogens is 831 g/mol. The van der Waals surface area contributed by atoms with Gasteiger partial charge in [-0.05, 0) is 186 Å². The van der Waals surface area contributed by atoms with E-state index < -0.39 is 8.07 Å². The van der Waals surface area contributed by atoms with Gasteiger partial charge in [0.2, 0.25) is 0 Å². The quantitative estimate of drug-likeness (QED) is 0.160. The van der Waals surface area contributed by atoms with Crippen LogP contribution in [0.4, 0.5) is 0 Å². The van der Waals surface area contributed by atoms with Crippen molar-refractivity contribution in [1.29, 1.82) is 0 Å². The lowest BCUT2D eigenvalue weighted by atomic mass is 9.47. The van der Waals surface area contributed by atoms with E-state index in [1.165, 1.54) is 104 Å². The number of aromatic hydroxyl groups is 2. The highest BCUT2D eigenvalue weighted by atomic mass is 28.3. The molecule has 4 heteroatoms. The summed E-state index contributed by atoms with van der Waals surface area (Å²) in [7, 11) is -2.13. The van der Waals surface area contributed by atoms with Crippen LogP contribution in [-0.4, -0.2) is 23.3 Å². The minimum Gasteiger partial charge on any atom is -0.507 e. The number of aromatic nitrogens is 1. The molecule has 8 bridgehead atoms. The van der Waals surface area contributed by atoms with E-state index in [4.69, 9.17) is 4.98 Å². The maximum atomic E-state index is 12.9. The van der Waals surface area contributed by atoms with Crippen molar-refractivity contribution in [1.82, 2.24) is 4.98 Å². The van der Waals surface area contributed by atoms with Crippen molar-refractivity contribution in [2.24, 2.45) is 35.5 Å². The van der Waals surface area contributed by atoms with Crippen LogP contribution in [-0.2, 0) is 21.7 Å². The average Bonchev–Trinajstić information content (AvgIpc) is 3.24. The molecule has 8 aliphatic carbocycles. The molecular formula is C63H79NO2Si. The molecule has 13 rings (SSSR count). The Balaban J connectivity index is 1.10. The molecule has 67 heavy (non-hydrogen) atoms. The number of benzene rings is 4. The van der Waals surface area contributed by atoms with Gasteiger partial charge in [0, 0.05) is 33.4 Å². The maximum absolute atomic E-state index is 12.9. The van der Waals surface area contributed by atoms with E-state index in [0.717, 1.165) is 80.3 Å². The van der Waals surface area contributed by atoms with Crippen LogP contribution in [0.3, 0.4) is 0 Å². The van der Waals surface area contributed by atoms with Crippen molar-refractivity contribution in [2.45, 2.75) is 179 Å². The molecule has 0 amide bonds. The van der Waals surface area contributed by atoms with Gasteiger partial charge >= 0.3 is 0 Å². The first kappa shape index (κ1) is 45.3. The van der Waals surface area contributed by atoms with Crippen LogP contribution in [0.25, 0.3) is 44.8 Å². The van der Waals surface area contributed by atoms with Gasteiger partial charge in [-0.3, -0.25) is 0 Å². The molecule has 1 aromatic heterocycles. The van der Waals surface area contributed by atoms with E-state index in [0.29, 0.717) is 11.5 Å². The van der Waals surface area contributed by atoms with Gasteiger partial charge in [-0.2, -0.15) is 0 Å². The van der Waals surface area contributed by atoms with Gasteiger partial charge in [0.1, 0.15) is 11.5 Å². The lowest BCUT2D eigenvalue weighted by Crippen LogP contribution is -2.49.